The predicted octanol–water partition coefficient (Wildman–Crippen LogP) is 17.2. The lowest BCUT2D eigenvalue weighted by Gasteiger charge is -2.27. The number of aromatic nitrogens is 1. The highest BCUT2D eigenvalue weighted by Gasteiger charge is 2.18. The molecular formula is C62H42N2. The largest absolute Gasteiger partial charge is 0.310 e. The second kappa shape index (κ2) is 15.8. The minimum absolute atomic E-state index is 1.10. The summed E-state index contributed by atoms with van der Waals surface area (Å²) in [4.78, 5) is 2.38. The van der Waals surface area contributed by atoms with Gasteiger partial charge in [-0.15, -0.1) is 0 Å². The van der Waals surface area contributed by atoms with E-state index in [1.165, 1.54) is 93.5 Å². The van der Waals surface area contributed by atoms with Gasteiger partial charge in [-0.05, 0) is 116 Å². The van der Waals surface area contributed by atoms with Crippen LogP contribution in [0.1, 0.15) is 0 Å². The van der Waals surface area contributed by atoms with Crippen molar-refractivity contribution in [2.75, 3.05) is 4.90 Å². The average molecular weight is 815 g/mol. The van der Waals surface area contributed by atoms with Crippen molar-refractivity contribution < 1.29 is 0 Å². The molecule has 0 saturated heterocycles. The molecule has 0 fully saturated rings. The van der Waals surface area contributed by atoms with Gasteiger partial charge in [0.2, 0.25) is 0 Å². The van der Waals surface area contributed by atoms with Gasteiger partial charge in [-0.3, -0.25) is 0 Å². The van der Waals surface area contributed by atoms with E-state index < -0.39 is 0 Å². The maximum atomic E-state index is 2.41. The minimum Gasteiger partial charge on any atom is -0.310 e. The summed E-state index contributed by atoms with van der Waals surface area (Å²) >= 11 is 0. The van der Waals surface area contributed by atoms with Crippen LogP contribution < -0.4 is 4.90 Å². The van der Waals surface area contributed by atoms with Crippen LogP contribution in [0.25, 0.3) is 93.5 Å². The zero-order valence-corrected chi connectivity index (χ0v) is 35.1. The summed E-state index contributed by atoms with van der Waals surface area (Å²) in [6.45, 7) is 0. The van der Waals surface area contributed by atoms with E-state index in [1.807, 2.05) is 0 Å². The summed E-state index contributed by atoms with van der Waals surface area (Å²) in [5.74, 6) is 0. The van der Waals surface area contributed by atoms with E-state index >= 15 is 0 Å². The molecular weight excluding hydrogens is 773 g/mol. The molecule has 12 aromatic rings. The number of rotatable bonds is 8. The highest BCUT2D eigenvalue weighted by molar-refractivity contribution is 6.10. The Morgan fingerprint density at radius 1 is 0.266 bits per heavy atom. The van der Waals surface area contributed by atoms with Gasteiger partial charge in [0.05, 0.1) is 22.4 Å². The van der Waals surface area contributed by atoms with Gasteiger partial charge in [-0.25, -0.2) is 0 Å². The molecule has 1 heterocycles. The Labute approximate surface area is 373 Å². The molecule has 0 N–H and O–H groups in total. The molecule has 0 amide bonds. The second-order valence-corrected chi connectivity index (χ2v) is 16.5. The maximum absolute atomic E-state index is 2.41. The molecule has 2 nitrogen and oxygen atoms in total. The third kappa shape index (κ3) is 6.61. The van der Waals surface area contributed by atoms with Gasteiger partial charge in [-0.1, -0.05) is 194 Å². The highest BCUT2D eigenvalue weighted by Crippen LogP contribution is 2.41. The van der Waals surface area contributed by atoms with E-state index in [0.29, 0.717) is 0 Å². The van der Waals surface area contributed by atoms with E-state index in [2.05, 4.69) is 264 Å². The summed E-state index contributed by atoms with van der Waals surface area (Å²) in [5, 5.41) is 7.46. The van der Waals surface area contributed by atoms with E-state index in [9.17, 15) is 0 Å². The number of benzene rings is 11. The average Bonchev–Trinajstić information content (AvgIpc) is 3.71. The van der Waals surface area contributed by atoms with Crippen molar-refractivity contribution >= 4 is 60.4 Å². The number of nitrogens with zero attached hydrogens (tertiary/aromatic N) is 2. The second-order valence-electron chi connectivity index (χ2n) is 16.5. The lowest BCUT2D eigenvalue weighted by Crippen LogP contribution is -2.10. The van der Waals surface area contributed by atoms with Gasteiger partial charge in [0.25, 0.3) is 0 Å². The molecule has 0 atom stereocenters. The molecule has 0 bridgehead atoms. The van der Waals surface area contributed by atoms with Gasteiger partial charge < -0.3 is 9.47 Å². The first-order valence-corrected chi connectivity index (χ1v) is 22.0. The first kappa shape index (κ1) is 37.3. The van der Waals surface area contributed by atoms with Crippen LogP contribution in [0.5, 0.6) is 0 Å². The zero-order valence-electron chi connectivity index (χ0n) is 35.1. The van der Waals surface area contributed by atoms with Crippen molar-refractivity contribution in [2.24, 2.45) is 0 Å². The zero-order chi connectivity index (χ0) is 42.4. The minimum atomic E-state index is 1.10. The van der Waals surface area contributed by atoms with Crippen LogP contribution in [0.4, 0.5) is 17.1 Å². The Hall–Kier alpha value is -8.46. The fraction of sp³-hybridized carbons (Fsp3) is 0. The molecule has 0 saturated carbocycles. The molecule has 11 aromatic carbocycles. The van der Waals surface area contributed by atoms with Crippen molar-refractivity contribution in [1.82, 2.24) is 4.57 Å². The Bertz CT molecular complexity index is 3590. The molecule has 64 heavy (non-hydrogen) atoms. The summed E-state index contributed by atoms with van der Waals surface area (Å²) in [5.41, 5.74) is 16.5. The first-order chi connectivity index (χ1) is 31.7. The number of fused-ring (bicyclic) bond motifs is 5. The summed E-state index contributed by atoms with van der Waals surface area (Å²) in [6.07, 6.45) is 0. The number of anilines is 3. The van der Waals surface area contributed by atoms with Crippen LogP contribution >= 0.6 is 0 Å². The van der Waals surface area contributed by atoms with Crippen LogP contribution in [-0.2, 0) is 0 Å². The molecule has 1 aromatic heterocycles. The van der Waals surface area contributed by atoms with E-state index in [-0.39, 0.29) is 0 Å². The van der Waals surface area contributed by atoms with Crippen LogP contribution in [0.15, 0.2) is 255 Å². The van der Waals surface area contributed by atoms with Gasteiger partial charge in [0.1, 0.15) is 0 Å². The van der Waals surface area contributed by atoms with Gasteiger partial charge in [0.15, 0.2) is 0 Å². The normalized spacial score (nSPS) is 11.4. The number of hydrogen-bond donors (Lipinski definition) is 0. The Kier molecular flexibility index (Phi) is 9.20. The fourth-order valence-corrected chi connectivity index (χ4v) is 9.62. The molecule has 0 spiro atoms. The SMILES string of the molecule is c1cc(-c2ccc(N(c3ccc(-c4ccc(-c5ccccc5-n5c6ccccc6c6ccccc65)cc4)cc3)c3cccc4ccccc34)cc2)cc(-c2ccc3ccccc3c2)c1. The topological polar surface area (TPSA) is 8.17 Å². The summed E-state index contributed by atoms with van der Waals surface area (Å²) < 4.78 is 2.41. The monoisotopic (exact) mass is 814 g/mol. The molecule has 2 heteroatoms. The van der Waals surface area contributed by atoms with Crippen molar-refractivity contribution in [3.63, 3.8) is 0 Å². The molecule has 0 aliphatic carbocycles. The maximum Gasteiger partial charge on any atom is 0.0541 e. The Morgan fingerprint density at radius 2 is 0.719 bits per heavy atom. The third-order valence-electron chi connectivity index (χ3n) is 12.8. The number of hydrogen-bond acceptors (Lipinski definition) is 1. The summed E-state index contributed by atoms with van der Waals surface area (Å²) in [7, 11) is 0. The number of para-hydroxylation sites is 3. The molecule has 0 unspecified atom stereocenters. The van der Waals surface area contributed by atoms with Crippen LogP contribution in [0.2, 0.25) is 0 Å². The predicted molar refractivity (Wildman–Crippen MR) is 272 cm³/mol. The molecule has 12 rings (SSSR count). The Morgan fingerprint density at radius 3 is 1.41 bits per heavy atom. The van der Waals surface area contributed by atoms with Gasteiger partial charge in [0, 0.05) is 33.1 Å². The molecule has 0 aliphatic rings. The van der Waals surface area contributed by atoms with Crippen LogP contribution in [-0.4, -0.2) is 4.57 Å². The van der Waals surface area contributed by atoms with Crippen molar-refractivity contribution in [3.8, 4) is 50.2 Å². The van der Waals surface area contributed by atoms with Gasteiger partial charge >= 0.3 is 0 Å². The smallest absolute Gasteiger partial charge is 0.0541 e. The van der Waals surface area contributed by atoms with Crippen molar-refractivity contribution in [3.05, 3.63) is 255 Å². The molecule has 300 valence electrons. The third-order valence-corrected chi connectivity index (χ3v) is 12.8. The lowest BCUT2D eigenvalue weighted by molar-refractivity contribution is 1.18. The lowest BCUT2D eigenvalue weighted by atomic mass is 9.97. The molecule has 0 radical (unpaired) electrons. The Balaban J connectivity index is 0.872. The standard InChI is InChI=1S/C62H42N2/c1-2-15-49-42-52(32-29-43(49)13-1)51-18-11-17-50(41-51)46-35-39-54(40-36-46)63(59-26-12-16-47-14-3-4-19-55(47)59)53-37-33-45(34-38-53)44-27-30-48(31-28-44)56-20-5-8-23-60(56)64-61-24-9-6-21-57(61)58-22-7-10-25-62(58)64/h1-42H. The molecule has 0 aliphatic heterocycles. The highest BCUT2D eigenvalue weighted by atomic mass is 15.1. The van der Waals surface area contributed by atoms with Crippen molar-refractivity contribution in [2.45, 2.75) is 0 Å². The van der Waals surface area contributed by atoms with Gasteiger partial charge in [-0.2, -0.15) is 0 Å². The van der Waals surface area contributed by atoms with Crippen molar-refractivity contribution in [1.29, 1.82) is 0 Å². The van der Waals surface area contributed by atoms with E-state index in [1.54, 1.807) is 0 Å². The van der Waals surface area contributed by atoms with E-state index in [0.717, 1.165) is 17.1 Å². The fourth-order valence-electron chi connectivity index (χ4n) is 9.62. The quantitative estimate of drug-likeness (QED) is 0.148. The van der Waals surface area contributed by atoms with Crippen LogP contribution in [0, 0.1) is 0 Å². The van der Waals surface area contributed by atoms with E-state index in [4.69, 9.17) is 0 Å². The van der Waals surface area contributed by atoms with Crippen LogP contribution in [0.3, 0.4) is 0 Å². The summed E-state index contributed by atoms with van der Waals surface area (Å²) in [6, 6.07) is 92.6. The first-order valence-electron chi connectivity index (χ1n) is 22.0.